The molecule has 32 heavy (non-hydrogen) atoms. The van der Waals surface area contributed by atoms with E-state index in [1.54, 1.807) is 12.1 Å². The minimum absolute atomic E-state index is 0.245. The first-order valence-corrected chi connectivity index (χ1v) is 10.5. The number of carbonyl (C=O) groups is 2. The average molecular weight is 446 g/mol. The largest absolute Gasteiger partial charge is 0.442 e. The number of ether oxygens (including phenoxy) is 3. The van der Waals surface area contributed by atoms with Crippen LogP contribution in [-0.4, -0.2) is 72.2 Å². The third kappa shape index (κ3) is 3.98. The lowest BCUT2D eigenvalue weighted by Crippen LogP contribution is -2.45. The summed E-state index contributed by atoms with van der Waals surface area (Å²) >= 11 is 0. The fourth-order valence-electron chi connectivity index (χ4n) is 4.34. The molecule has 3 aliphatic heterocycles. The molecule has 0 radical (unpaired) electrons. The first kappa shape index (κ1) is 20.6. The molecule has 0 aliphatic carbocycles. The molecular formula is C20H23FN6O5. The summed E-state index contributed by atoms with van der Waals surface area (Å²) in [5, 5.41) is 10.1. The second-order valence-corrected chi connectivity index (χ2v) is 7.93. The van der Waals surface area contributed by atoms with Gasteiger partial charge in [-0.3, -0.25) is 9.69 Å². The molecule has 3 saturated heterocycles. The highest BCUT2D eigenvalue weighted by Crippen LogP contribution is 2.35. The molecule has 0 bridgehead atoms. The first-order valence-electron chi connectivity index (χ1n) is 10.5. The van der Waals surface area contributed by atoms with Crippen molar-refractivity contribution < 1.29 is 28.2 Å². The van der Waals surface area contributed by atoms with E-state index in [0.717, 1.165) is 0 Å². The molecule has 0 saturated carbocycles. The van der Waals surface area contributed by atoms with Crippen LogP contribution in [0.5, 0.6) is 0 Å². The number of hydrogen-bond donors (Lipinski definition) is 1. The Balaban J connectivity index is 1.22. The number of nitrogens with zero attached hydrogens (tertiary/aromatic N) is 5. The van der Waals surface area contributed by atoms with Crippen molar-refractivity contribution >= 4 is 29.7 Å². The number of cyclic esters (lactones) is 1. The van der Waals surface area contributed by atoms with Gasteiger partial charge in [-0.15, -0.1) is 5.10 Å². The van der Waals surface area contributed by atoms with E-state index in [-0.39, 0.29) is 13.1 Å². The normalized spacial score (nSPS) is 22.4. The maximum Gasteiger partial charge on any atom is 0.414 e. The molecule has 3 fully saturated rings. The SMILES string of the molecule is O=CNc1cn(C[C@@H]2CN(c3ccc(N4CCC5(CC4)OCCO5)c(F)c3)C(=O)O2)nn1. The number of halogens is 1. The van der Waals surface area contributed by atoms with E-state index in [9.17, 15) is 14.0 Å². The minimum Gasteiger partial charge on any atom is -0.442 e. The summed E-state index contributed by atoms with van der Waals surface area (Å²) in [5.41, 5.74) is 0.917. The van der Waals surface area contributed by atoms with Gasteiger partial charge in [0.25, 0.3) is 0 Å². The Hall–Kier alpha value is -3.25. The van der Waals surface area contributed by atoms with Crippen LogP contribution >= 0.6 is 0 Å². The van der Waals surface area contributed by atoms with Gasteiger partial charge in [0.05, 0.1) is 43.9 Å². The molecule has 2 amide bonds. The molecule has 12 heteroatoms. The van der Waals surface area contributed by atoms with E-state index in [0.29, 0.717) is 62.7 Å². The highest BCUT2D eigenvalue weighted by molar-refractivity contribution is 5.90. The van der Waals surface area contributed by atoms with Crippen LogP contribution in [0.25, 0.3) is 0 Å². The summed E-state index contributed by atoms with van der Waals surface area (Å²) in [7, 11) is 0. The van der Waals surface area contributed by atoms with Crippen LogP contribution in [-0.2, 0) is 25.5 Å². The van der Waals surface area contributed by atoms with Crippen molar-refractivity contribution in [2.45, 2.75) is 31.3 Å². The van der Waals surface area contributed by atoms with E-state index in [4.69, 9.17) is 14.2 Å². The predicted molar refractivity (Wildman–Crippen MR) is 110 cm³/mol. The Kier molecular flexibility index (Phi) is 5.39. The van der Waals surface area contributed by atoms with Crippen molar-refractivity contribution in [2.24, 2.45) is 0 Å². The minimum atomic E-state index is -0.552. The van der Waals surface area contributed by atoms with E-state index >= 15 is 0 Å². The molecule has 5 rings (SSSR count). The van der Waals surface area contributed by atoms with Crippen LogP contribution in [0.1, 0.15) is 12.8 Å². The summed E-state index contributed by atoms with van der Waals surface area (Å²) < 4.78 is 33.3. The number of hydrogen-bond acceptors (Lipinski definition) is 8. The molecule has 0 unspecified atom stereocenters. The lowest BCUT2D eigenvalue weighted by molar-refractivity contribution is -0.169. The van der Waals surface area contributed by atoms with Gasteiger partial charge in [-0.2, -0.15) is 0 Å². The van der Waals surface area contributed by atoms with Gasteiger partial charge in [-0.05, 0) is 18.2 Å². The molecule has 1 N–H and O–H groups in total. The predicted octanol–water partition coefficient (Wildman–Crippen LogP) is 1.35. The molecule has 170 valence electrons. The second kappa shape index (κ2) is 8.36. The maximum atomic E-state index is 15.0. The third-order valence-corrected chi connectivity index (χ3v) is 5.93. The summed E-state index contributed by atoms with van der Waals surface area (Å²) in [6, 6.07) is 4.76. The van der Waals surface area contributed by atoms with Gasteiger partial charge in [0.2, 0.25) is 6.41 Å². The number of carbonyl (C=O) groups excluding carboxylic acids is 2. The Bertz CT molecular complexity index is 1000. The maximum absolute atomic E-state index is 15.0. The number of piperidine rings is 1. The molecule has 4 heterocycles. The summed E-state index contributed by atoms with van der Waals surface area (Å²) in [5.74, 6) is -0.618. The highest BCUT2D eigenvalue weighted by atomic mass is 19.1. The fourth-order valence-corrected chi connectivity index (χ4v) is 4.34. The number of benzene rings is 1. The number of aromatic nitrogens is 3. The van der Waals surface area contributed by atoms with E-state index < -0.39 is 23.8 Å². The molecule has 3 aliphatic rings. The van der Waals surface area contributed by atoms with E-state index in [2.05, 4.69) is 15.6 Å². The van der Waals surface area contributed by atoms with Crippen molar-refractivity contribution in [1.82, 2.24) is 15.0 Å². The summed E-state index contributed by atoms with van der Waals surface area (Å²) in [6.45, 7) is 2.96. The topological polar surface area (TPSA) is 111 Å². The molecule has 2 aromatic rings. The quantitative estimate of drug-likeness (QED) is 0.662. The Morgan fingerprint density at radius 2 is 2.03 bits per heavy atom. The molecular weight excluding hydrogens is 423 g/mol. The van der Waals surface area contributed by atoms with Gasteiger partial charge < -0.3 is 24.4 Å². The van der Waals surface area contributed by atoms with E-state index in [1.807, 2.05) is 4.90 Å². The number of nitrogens with one attached hydrogen (secondary N) is 1. The standard InChI is InChI=1S/C20H23FN6O5/c21-16-9-14(1-2-17(16)25-5-3-20(4-6-25)30-7-8-31-20)27-11-15(32-19(27)29)10-26-12-18(22-13-28)23-24-26/h1-2,9,12-13,15H,3-8,10-11H2,(H,22,28)/t15-/m1/s1. The summed E-state index contributed by atoms with van der Waals surface area (Å²) in [4.78, 5) is 26.2. The fraction of sp³-hybridized carbons (Fsp3) is 0.500. The molecule has 1 aromatic heterocycles. The van der Waals surface area contributed by atoms with Gasteiger partial charge >= 0.3 is 6.09 Å². The zero-order valence-electron chi connectivity index (χ0n) is 17.3. The van der Waals surface area contributed by atoms with E-state index in [1.165, 1.54) is 21.8 Å². The van der Waals surface area contributed by atoms with Crippen LogP contribution in [0.3, 0.4) is 0 Å². The highest BCUT2D eigenvalue weighted by Gasteiger charge is 2.40. The number of anilines is 3. The van der Waals surface area contributed by atoms with Gasteiger partial charge in [-0.25, -0.2) is 13.9 Å². The van der Waals surface area contributed by atoms with Crippen molar-refractivity contribution in [2.75, 3.05) is 48.0 Å². The van der Waals surface area contributed by atoms with Crippen molar-refractivity contribution in [3.8, 4) is 0 Å². The Morgan fingerprint density at radius 1 is 1.25 bits per heavy atom. The summed E-state index contributed by atoms with van der Waals surface area (Å²) in [6.07, 6.45) is 2.36. The van der Waals surface area contributed by atoms with Crippen LogP contribution in [0.2, 0.25) is 0 Å². The van der Waals surface area contributed by atoms with Crippen molar-refractivity contribution in [3.63, 3.8) is 0 Å². The number of rotatable bonds is 6. The smallest absolute Gasteiger partial charge is 0.414 e. The lowest BCUT2D eigenvalue weighted by atomic mass is 10.0. The molecule has 1 aromatic carbocycles. The Morgan fingerprint density at radius 3 is 2.75 bits per heavy atom. The van der Waals surface area contributed by atoms with Crippen LogP contribution in [0, 0.1) is 5.82 Å². The first-order chi connectivity index (χ1) is 15.5. The van der Waals surface area contributed by atoms with Gasteiger partial charge in [0.1, 0.15) is 11.9 Å². The number of amides is 2. The van der Waals surface area contributed by atoms with Crippen LogP contribution < -0.4 is 15.1 Å². The zero-order chi connectivity index (χ0) is 22.1. The lowest BCUT2D eigenvalue weighted by Gasteiger charge is -2.38. The van der Waals surface area contributed by atoms with Crippen LogP contribution in [0.15, 0.2) is 24.4 Å². The van der Waals surface area contributed by atoms with Gasteiger partial charge in [0.15, 0.2) is 11.6 Å². The van der Waals surface area contributed by atoms with Crippen molar-refractivity contribution in [3.05, 3.63) is 30.2 Å². The second-order valence-electron chi connectivity index (χ2n) is 7.93. The zero-order valence-corrected chi connectivity index (χ0v) is 17.3. The molecule has 11 nitrogen and oxygen atoms in total. The van der Waals surface area contributed by atoms with Crippen molar-refractivity contribution in [1.29, 1.82) is 0 Å². The molecule has 1 atom stereocenters. The molecule has 1 spiro atoms. The Labute approximate surface area is 183 Å². The third-order valence-electron chi connectivity index (χ3n) is 5.93. The van der Waals surface area contributed by atoms with Crippen LogP contribution in [0.4, 0.5) is 26.4 Å². The van der Waals surface area contributed by atoms with Gasteiger partial charge in [-0.1, -0.05) is 5.21 Å². The average Bonchev–Trinajstić information content (AvgIpc) is 3.51. The monoisotopic (exact) mass is 446 g/mol. The van der Waals surface area contributed by atoms with Gasteiger partial charge in [0, 0.05) is 25.9 Å².